The first-order valence-electron chi connectivity index (χ1n) is 3.19. The predicted octanol–water partition coefficient (Wildman–Crippen LogP) is 0.976. The standard InChI is InChI=1S/C6H12O2.HO3P/c1-5(7)8-6(2,3)4;1-4(2)3/h1-4H3;(H-,1,2,3)/p+1. The quantitative estimate of drug-likeness (QED) is 0.446. The molecule has 0 amide bonds. The molecule has 0 radical (unpaired) electrons. The van der Waals surface area contributed by atoms with Crippen molar-refractivity contribution in [1.82, 2.24) is 0 Å². The van der Waals surface area contributed by atoms with Gasteiger partial charge in [-0.15, -0.1) is 9.79 Å². The fourth-order valence-corrected chi connectivity index (χ4v) is 0.431. The molecule has 0 bridgehead atoms. The lowest BCUT2D eigenvalue weighted by Crippen LogP contribution is -2.21. The zero-order chi connectivity index (χ0) is 10.4. The summed E-state index contributed by atoms with van der Waals surface area (Å²) >= 11 is 0. The molecule has 0 saturated carbocycles. The fraction of sp³-hybridized carbons (Fsp3) is 0.833. The van der Waals surface area contributed by atoms with Gasteiger partial charge in [0.25, 0.3) is 0 Å². The molecular weight excluding hydrogens is 183 g/mol. The predicted molar refractivity (Wildman–Crippen MR) is 43.6 cm³/mol. The summed E-state index contributed by atoms with van der Waals surface area (Å²) < 4.78 is 13.5. The minimum Gasteiger partial charge on any atom is -0.460 e. The molecule has 0 spiro atoms. The second kappa shape index (κ2) is 6.06. The van der Waals surface area contributed by atoms with Crippen LogP contribution < -0.4 is 0 Å². The summed E-state index contributed by atoms with van der Waals surface area (Å²) in [4.78, 5) is 24.5. The third kappa shape index (κ3) is 33.9. The van der Waals surface area contributed by atoms with Crippen molar-refractivity contribution in [3.63, 3.8) is 0 Å². The third-order valence-electron chi connectivity index (χ3n) is 0.450. The van der Waals surface area contributed by atoms with Gasteiger partial charge in [-0.05, 0) is 20.8 Å². The summed E-state index contributed by atoms with van der Waals surface area (Å²) in [5.41, 5.74) is -0.328. The van der Waals surface area contributed by atoms with Crippen LogP contribution in [0.25, 0.3) is 0 Å². The van der Waals surface area contributed by atoms with E-state index in [1.165, 1.54) is 6.92 Å². The molecule has 0 aromatic carbocycles. The van der Waals surface area contributed by atoms with Crippen LogP contribution in [-0.2, 0) is 14.1 Å². The molecule has 72 valence electrons. The van der Waals surface area contributed by atoms with Gasteiger partial charge in [-0.2, -0.15) is 0 Å². The number of ether oxygens (including phenoxy) is 1. The normalized spacial score (nSPS) is 9.50. The van der Waals surface area contributed by atoms with Crippen LogP contribution in [-0.4, -0.2) is 21.4 Å². The molecule has 2 N–H and O–H groups in total. The molecule has 0 aliphatic heterocycles. The van der Waals surface area contributed by atoms with Gasteiger partial charge in [-0.25, -0.2) is 0 Å². The number of hydrogen-bond acceptors (Lipinski definition) is 3. The Kier molecular flexibility index (Phi) is 7.09. The number of hydrogen-bond donors (Lipinski definition) is 2. The summed E-state index contributed by atoms with van der Waals surface area (Å²) in [6.45, 7) is 6.93. The van der Waals surface area contributed by atoms with Crippen LogP contribution >= 0.6 is 8.25 Å². The second-order valence-electron chi connectivity index (χ2n) is 2.96. The van der Waals surface area contributed by atoms with Gasteiger partial charge < -0.3 is 4.74 Å². The van der Waals surface area contributed by atoms with Crippen molar-refractivity contribution in [2.75, 3.05) is 0 Å². The van der Waals surface area contributed by atoms with Crippen molar-refractivity contribution in [1.29, 1.82) is 0 Å². The van der Waals surface area contributed by atoms with Crippen molar-refractivity contribution in [2.24, 2.45) is 0 Å². The molecular formula is C6H14O5P+. The minimum absolute atomic E-state index is 0.225. The highest BCUT2D eigenvalue weighted by Gasteiger charge is 2.11. The topological polar surface area (TPSA) is 83.8 Å². The molecule has 0 aliphatic carbocycles. The minimum atomic E-state index is -2.87. The van der Waals surface area contributed by atoms with E-state index in [4.69, 9.17) is 19.1 Å². The van der Waals surface area contributed by atoms with Crippen molar-refractivity contribution in [3.8, 4) is 0 Å². The average Bonchev–Trinajstić information content (AvgIpc) is 1.52. The lowest BCUT2D eigenvalue weighted by Gasteiger charge is -2.17. The van der Waals surface area contributed by atoms with E-state index < -0.39 is 8.25 Å². The zero-order valence-corrected chi connectivity index (χ0v) is 8.46. The summed E-state index contributed by atoms with van der Waals surface area (Å²) in [5.74, 6) is -0.225. The zero-order valence-electron chi connectivity index (χ0n) is 7.57. The second-order valence-corrected chi connectivity index (χ2v) is 3.46. The third-order valence-corrected chi connectivity index (χ3v) is 0.450. The van der Waals surface area contributed by atoms with E-state index in [2.05, 4.69) is 0 Å². The average molecular weight is 197 g/mol. The van der Waals surface area contributed by atoms with Gasteiger partial charge in [0.05, 0.1) is 0 Å². The maximum atomic E-state index is 10.2. The molecule has 0 saturated heterocycles. The Morgan fingerprint density at radius 2 is 1.58 bits per heavy atom. The monoisotopic (exact) mass is 197 g/mol. The van der Waals surface area contributed by atoms with Crippen LogP contribution in [0.2, 0.25) is 0 Å². The van der Waals surface area contributed by atoms with E-state index >= 15 is 0 Å². The molecule has 0 atom stereocenters. The summed E-state index contributed by atoms with van der Waals surface area (Å²) in [5, 5.41) is 0. The lowest BCUT2D eigenvalue weighted by molar-refractivity contribution is -0.151. The largest absolute Gasteiger partial charge is 0.692 e. The van der Waals surface area contributed by atoms with E-state index in [1.807, 2.05) is 20.8 Å². The van der Waals surface area contributed by atoms with Crippen molar-refractivity contribution >= 4 is 14.2 Å². The molecule has 0 heterocycles. The van der Waals surface area contributed by atoms with E-state index in [0.717, 1.165) is 0 Å². The van der Waals surface area contributed by atoms with E-state index in [9.17, 15) is 4.79 Å². The number of esters is 1. The van der Waals surface area contributed by atoms with Crippen LogP contribution in [0.4, 0.5) is 0 Å². The van der Waals surface area contributed by atoms with Crippen LogP contribution in [0.3, 0.4) is 0 Å². The number of rotatable bonds is 0. The van der Waals surface area contributed by atoms with E-state index in [-0.39, 0.29) is 11.6 Å². The molecule has 0 aromatic heterocycles. The first kappa shape index (κ1) is 14.0. The van der Waals surface area contributed by atoms with E-state index in [1.54, 1.807) is 0 Å². The summed E-state index contributed by atoms with van der Waals surface area (Å²) in [7, 11) is -2.87. The first-order valence-corrected chi connectivity index (χ1v) is 4.36. The Bertz CT molecular complexity index is 156. The van der Waals surface area contributed by atoms with Gasteiger partial charge in [0.1, 0.15) is 5.60 Å². The molecule has 0 fully saturated rings. The van der Waals surface area contributed by atoms with Crippen LogP contribution in [0.1, 0.15) is 27.7 Å². The van der Waals surface area contributed by atoms with Crippen LogP contribution in [0.15, 0.2) is 0 Å². The summed E-state index contributed by atoms with van der Waals surface area (Å²) in [6.07, 6.45) is 0. The van der Waals surface area contributed by atoms with Gasteiger partial charge in [-0.1, -0.05) is 0 Å². The Labute approximate surface area is 72.3 Å². The number of carbonyl (C=O) groups is 1. The van der Waals surface area contributed by atoms with Crippen molar-refractivity contribution < 1.29 is 23.9 Å². The number of carbonyl (C=O) groups excluding carboxylic acids is 1. The first-order chi connectivity index (χ1) is 5.15. The van der Waals surface area contributed by atoms with Crippen LogP contribution in [0, 0.1) is 0 Å². The highest BCUT2D eigenvalue weighted by molar-refractivity contribution is 7.30. The molecule has 0 rings (SSSR count). The van der Waals surface area contributed by atoms with E-state index in [0.29, 0.717) is 0 Å². The molecule has 6 heteroatoms. The van der Waals surface area contributed by atoms with Gasteiger partial charge in [-0.3, -0.25) is 4.79 Å². The smallest absolute Gasteiger partial charge is 0.460 e. The van der Waals surface area contributed by atoms with Gasteiger partial charge >= 0.3 is 14.2 Å². The Morgan fingerprint density at radius 3 is 1.58 bits per heavy atom. The highest BCUT2D eigenvalue weighted by Crippen LogP contribution is 2.05. The Balaban J connectivity index is 0. The molecule has 5 nitrogen and oxygen atoms in total. The summed E-state index contributed by atoms with van der Waals surface area (Å²) in [6, 6.07) is 0. The maximum absolute atomic E-state index is 10.2. The van der Waals surface area contributed by atoms with Crippen LogP contribution in [0.5, 0.6) is 0 Å². The SMILES string of the molecule is CC(=O)OC(C)(C)C.O=[P+](O)O. The van der Waals surface area contributed by atoms with Crippen molar-refractivity contribution in [3.05, 3.63) is 0 Å². The molecule has 12 heavy (non-hydrogen) atoms. The molecule has 0 aliphatic rings. The van der Waals surface area contributed by atoms with Crippen molar-refractivity contribution in [2.45, 2.75) is 33.3 Å². The fourth-order valence-electron chi connectivity index (χ4n) is 0.431. The van der Waals surface area contributed by atoms with Gasteiger partial charge in [0.15, 0.2) is 0 Å². The lowest BCUT2D eigenvalue weighted by atomic mass is 10.2. The highest BCUT2D eigenvalue weighted by atomic mass is 31.1. The van der Waals surface area contributed by atoms with Gasteiger partial charge in [0, 0.05) is 11.5 Å². The van der Waals surface area contributed by atoms with Gasteiger partial charge in [0.2, 0.25) is 0 Å². The molecule has 0 unspecified atom stereocenters. The Hall–Kier alpha value is -0.510. The molecule has 0 aromatic rings. The maximum Gasteiger partial charge on any atom is 0.692 e. The Morgan fingerprint density at radius 1 is 1.33 bits per heavy atom.